The number of benzene rings is 1. The van der Waals surface area contributed by atoms with Crippen LogP contribution in [-0.4, -0.2) is 66.1 Å². The SMILES string of the molecule is CC1(C)O[C@@H]2[C@H](O1)[C@H]1OC(C)(C)O[C@H]1O[C@@H]2[C@H](CO)NC(=O)OCc1ccccc1. The molecule has 9 heteroatoms. The van der Waals surface area contributed by atoms with E-state index in [1.54, 1.807) is 27.7 Å². The van der Waals surface area contributed by atoms with Crippen LogP contribution < -0.4 is 5.32 Å². The predicted octanol–water partition coefficient (Wildman–Crippen LogP) is 1.67. The summed E-state index contributed by atoms with van der Waals surface area (Å²) >= 11 is 0. The van der Waals surface area contributed by atoms with Gasteiger partial charge in [0, 0.05) is 0 Å². The van der Waals surface area contributed by atoms with Crippen LogP contribution >= 0.6 is 0 Å². The highest BCUT2D eigenvalue weighted by atomic mass is 16.9. The van der Waals surface area contributed by atoms with Gasteiger partial charge in [-0.3, -0.25) is 0 Å². The topological polar surface area (TPSA) is 105 Å². The average molecular weight is 423 g/mol. The fraction of sp³-hybridized carbons (Fsp3) is 0.667. The summed E-state index contributed by atoms with van der Waals surface area (Å²) in [6.07, 6.45) is -3.61. The first-order chi connectivity index (χ1) is 14.2. The van der Waals surface area contributed by atoms with Crippen LogP contribution in [0.25, 0.3) is 0 Å². The second-order valence-electron chi connectivity index (χ2n) is 8.63. The second kappa shape index (κ2) is 8.07. The first kappa shape index (κ1) is 21.5. The molecule has 0 spiro atoms. The minimum Gasteiger partial charge on any atom is -0.445 e. The van der Waals surface area contributed by atoms with Crippen molar-refractivity contribution in [3.8, 4) is 0 Å². The van der Waals surface area contributed by atoms with Crippen molar-refractivity contribution >= 4 is 6.09 Å². The van der Waals surface area contributed by atoms with Gasteiger partial charge in [0.15, 0.2) is 17.9 Å². The lowest BCUT2D eigenvalue weighted by molar-refractivity contribution is -0.241. The summed E-state index contributed by atoms with van der Waals surface area (Å²) in [5, 5.41) is 12.7. The summed E-state index contributed by atoms with van der Waals surface area (Å²) in [6, 6.07) is 8.55. The number of amides is 1. The Kier molecular flexibility index (Phi) is 5.78. The van der Waals surface area contributed by atoms with Gasteiger partial charge in [-0.05, 0) is 33.3 Å². The minimum absolute atomic E-state index is 0.116. The highest BCUT2D eigenvalue weighted by Gasteiger charge is 2.61. The van der Waals surface area contributed by atoms with E-state index in [2.05, 4.69) is 5.32 Å². The molecule has 4 rings (SSSR count). The monoisotopic (exact) mass is 423 g/mol. The molecule has 6 atom stereocenters. The van der Waals surface area contributed by atoms with Crippen LogP contribution in [0.15, 0.2) is 30.3 Å². The first-order valence-corrected chi connectivity index (χ1v) is 10.1. The molecule has 2 N–H and O–H groups in total. The number of hydrogen-bond acceptors (Lipinski definition) is 8. The Labute approximate surface area is 175 Å². The molecule has 0 unspecified atom stereocenters. The molecule has 3 fully saturated rings. The Hall–Kier alpha value is -1.75. The van der Waals surface area contributed by atoms with Crippen molar-refractivity contribution in [1.82, 2.24) is 5.32 Å². The van der Waals surface area contributed by atoms with E-state index in [0.717, 1.165) is 5.56 Å². The number of ether oxygens (including phenoxy) is 6. The molecule has 166 valence electrons. The number of hydrogen-bond donors (Lipinski definition) is 2. The summed E-state index contributed by atoms with van der Waals surface area (Å²) in [5.41, 5.74) is 0.859. The van der Waals surface area contributed by atoms with Gasteiger partial charge in [0.05, 0.1) is 12.6 Å². The Bertz CT molecular complexity index is 755. The third kappa shape index (κ3) is 4.46. The molecular weight excluding hydrogens is 394 g/mol. The summed E-state index contributed by atoms with van der Waals surface area (Å²) < 4.78 is 35.3. The summed E-state index contributed by atoms with van der Waals surface area (Å²) in [6.45, 7) is 6.93. The molecule has 9 nitrogen and oxygen atoms in total. The highest BCUT2D eigenvalue weighted by Crippen LogP contribution is 2.44. The molecule has 3 heterocycles. The molecule has 0 bridgehead atoms. The predicted molar refractivity (Wildman–Crippen MR) is 103 cm³/mol. The van der Waals surface area contributed by atoms with E-state index in [1.807, 2.05) is 30.3 Å². The number of carbonyl (C=O) groups excluding carboxylic acids is 1. The van der Waals surface area contributed by atoms with Crippen molar-refractivity contribution in [2.75, 3.05) is 6.61 Å². The third-order valence-corrected chi connectivity index (χ3v) is 5.30. The van der Waals surface area contributed by atoms with E-state index in [4.69, 9.17) is 28.4 Å². The Balaban J connectivity index is 1.45. The maximum absolute atomic E-state index is 12.4. The van der Waals surface area contributed by atoms with Gasteiger partial charge in [-0.2, -0.15) is 0 Å². The number of carbonyl (C=O) groups is 1. The molecule has 1 amide bonds. The van der Waals surface area contributed by atoms with Gasteiger partial charge in [0.1, 0.15) is 31.0 Å². The van der Waals surface area contributed by atoms with Crippen LogP contribution in [0.3, 0.4) is 0 Å². The molecule has 30 heavy (non-hydrogen) atoms. The highest BCUT2D eigenvalue weighted by molar-refractivity contribution is 5.67. The van der Waals surface area contributed by atoms with Crippen LogP contribution in [0.1, 0.15) is 33.3 Å². The van der Waals surface area contributed by atoms with Gasteiger partial charge < -0.3 is 38.8 Å². The fourth-order valence-electron chi connectivity index (χ4n) is 4.11. The molecule has 0 saturated carbocycles. The molecule has 0 radical (unpaired) electrons. The lowest BCUT2D eigenvalue weighted by Gasteiger charge is -2.40. The van der Waals surface area contributed by atoms with Gasteiger partial charge in [-0.25, -0.2) is 4.79 Å². The van der Waals surface area contributed by atoms with Crippen LogP contribution in [0.4, 0.5) is 4.79 Å². The Morgan fingerprint density at radius 3 is 2.37 bits per heavy atom. The van der Waals surface area contributed by atoms with Gasteiger partial charge >= 0.3 is 6.09 Å². The number of nitrogens with one attached hydrogen (secondary N) is 1. The number of rotatable bonds is 5. The Morgan fingerprint density at radius 1 is 1.03 bits per heavy atom. The standard InChI is InChI=1S/C21H29NO8/c1-20(2)27-15-14(26-18-17(16(15)28-20)29-21(3,4)30-18)13(10-23)22-19(24)25-11-12-8-6-5-7-9-12/h5-9,13-18,23H,10-11H2,1-4H3,(H,22,24)/t13-,14+,15-,16-,17+,18+/m0/s1. The van der Waals surface area contributed by atoms with Crippen LogP contribution in [0, 0.1) is 0 Å². The summed E-state index contributed by atoms with van der Waals surface area (Å²) in [5.74, 6) is -1.71. The molecule has 0 aromatic heterocycles. The van der Waals surface area contributed by atoms with Crippen molar-refractivity contribution in [3.05, 3.63) is 35.9 Å². The van der Waals surface area contributed by atoms with Gasteiger partial charge in [-0.15, -0.1) is 0 Å². The van der Waals surface area contributed by atoms with Crippen molar-refractivity contribution in [2.24, 2.45) is 0 Å². The zero-order chi connectivity index (χ0) is 21.5. The quantitative estimate of drug-likeness (QED) is 0.737. The van der Waals surface area contributed by atoms with E-state index in [0.29, 0.717) is 0 Å². The molecule has 0 aliphatic carbocycles. The van der Waals surface area contributed by atoms with Gasteiger partial charge in [0.2, 0.25) is 0 Å². The van der Waals surface area contributed by atoms with Crippen LogP contribution in [0.2, 0.25) is 0 Å². The van der Waals surface area contributed by atoms with E-state index >= 15 is 0 Å². The maximum Gasteiger partial charge on any atom is 0.407 e. The smallest absolute Gasteiger partial charge is 0.407 e. The average Bonchev–Trinajstić information content (AvgIpc) is 3.18. The second-order valence-corrected chi connectivity index (χ2v) is 8.63. The molecule has 3 saturated heterocycles. The van der Waals surface area contributed by atoms with Crippen molar-refractivity contribution < 1.29 is 38.3 Å². The van der Waals surface area contributed by atoms with Crippen molar-refractivity contribution in [3.63, 3.8) is 0 Å². The van der Waals surface area contributed by atoms with Crippen molar-refractivity contribution in [2.45, 2.75) is 82.6 Å². The molecule has 3 aliphatic heterocycles. The van der Waals surface area contributed by atoms with E-state index in [1.165, 1.54) is 0 Å². The number of fused-ring (bicyclic) bond motifs is 3. The first-order valence-electron chi connectivity index (χ1n) is 10.1. The van der Waals surface area contributed by atoms with Crippen molar-refractivity contribution in [1.29, 1.82) is 0 Å². The molecule has 3 aliphatic rings. The number of aliphatic hydroxyl groups is 1. The third-order valence-electron chi connectivity index (χ3n) is 5.30. The normalized spacial score (nSPS) is 34.6. The fourth-order valence-corrected chi connectivity index (χ4v) is 4.11. The maximum atomic E-state index is 12.4. The van der Waals surface area contributed by atoms with E-state index < -0.39 is 54.4 Å². The van der Waals surface area contributed by atoms with Gasteiger partial charge in [0.25, 0.3) is 0 Å². The number of aliphatic hydroxyl groups excluding tert-OH is 1. The van der Waals surface area contributed by atoms with Crippen LogP contribution in [0.5, 0.6) is 0 Å². The minimum atomic E-state index is -0.865. The summed E-state index contributed by atoms with van der Waals surface area (Å²) in [4.78, 5) is 12.4. The molecule has 1 aromatic carbocycles. The zero-order valence-corrected chi connectivity index (χ0v) is 17.6. The molecular formula is C21H29NO8. The summed E-state index contributed by atoms with van der Waals surface area (Å²) in [7, 11) is 0. The van der Waals surface area contributed by atoms with Crippen LogP contribution in [-0.2, 0) is 35.0 Å². The largest absolute Gasteiger partial charge is 0.445 e. The van der Waals surface area contributed by atoms with E-state index in [-0.39, 0.29) is 13.2 Å². The Morgan fingerprint density at radius 2 is 1.67 bits per heavy atom. The molecule has 1 aromatic rings. The number of alkyl carbamates (subject to hydrolysis) is 1. The zero-order valence-electron chi connectivity index (χ0n) is 17.6. The van der Waals surface area contributed by atoms with E-state index in [9.17, 15) is 9.90 Å². The van der Waals surface area contributed by atoms with Gasteiger partial charge in [-0.1, -0.05) is 30.3 Å². The lowest BCUT2D eigenvalue weighted by Crippen LogP contribution is -2.62. The lowest BCUT2D eigenvalue weighted by atomic mass is 9.94.